The molecule has 0 unspecified atom stereocenters. The second-order valence-corrected chi connectivity index (χ2v) is 5.12. The molecule has 6 nitrogen and oxygen atoms in total. The zero-order valence-electron chi connectivity index (χ0n) is 11.6. The topological polar surface area (TPSA) is 79.6 Å². The smallest absolute Gasteiger partial charge is 0.288 e. The van der Waals surface area contributed by atoms with Crippen molar-refractivity contribution in [2.75, 3.05) is 6.54 Å². The summed E-state index contributed by atoms with van der Waals surface area (Å²) in [5.41, 5.74) is 3.07. The first-order chi connectivity index (χ1) is 10.0. The first kappa shape index (κ1) is 17.3. The average Bonchev–Trinajstić information content (AvgIpc) is 2.45. The van der Waals surface area contributed by atoms with Gasteiger partial charge in [0.1, 0.15) is 5.02 Å². The van der Waals surface area contributed by atoms with Crippen LogP contribution in [0.4, 0.5) is 5.69 Å². The van der Waals surface area contributed by atoms with Crippen LogP contribution in [0.3, 0.4) is 0 Å². The van der Waals surface area contributed by atoms with Gasteiger partial charge < -0.3 is 5.32 Å². The van der Waals surface area contributed by atoms with Crippen molar-refractivity contribution in [1.82, 2.24) is 10.7 Å². The van der Waals surface area contributed by atoms with E-state index in [4.69, 9.17) is 23.8 Å². The average molecular weight is 329 g/mol. The summed E-state index contributed by atoms with van der Waals surface area (Å²) < 4.78 is 0. The maximum absolute atomic E-state index is 10.8. The number of nitro benzene ring substituents is 1. The fourth-order valence-electron chi connectivity index (χ4n) is 1.53. The van der Waals surface area contributed by atoms with Gasteiger partial charge in [-0.05, 0) is 24.7 Å². The third kappa shape index (κ3) is 6.50. The van der Waals surface area contributed by atoms with Crippen molar-refractivity contribution in [3.8, 4) is 0 Å². The van der Waals surface area contributed by atoms with Gasteiger partial charge in [0.25, 0.3) is 5.69 Å². The maximum atomic E-state index is 10.8. The van der Waals surface area contributed by atoms with Crippen LogP contribution in [0.2, 0.25) is 5.02 Å². The molecule has 21 heavy (non-hydrogen) atoms. The molecule has 0 saturated heterocycles. The number of hydrogen-bond donors (Lipinski definition) is 2. The minimum atomic E-state index is -0.535. The van der Waals surface area contributed by atoms with Crippen molar-refractivity contribution < 1.29 is 4.92 Å². The number of hydrazone groups is 1. The molecule has 1 aromatic carbocycles. The lowest BCUT2D eigenvalue weighted by Crippen LogP contribution is -2.32. The second kappa shape index (κ2) is 9.25. The van der Waals surface area contributed by atoms with Crippen molar-refractivity contribution in [2.45, 2.75) is 26.2 Å². The minimum absolute atomic E-state index is 0.0956. The highest BCUT2D eigenvalue weighted by Gasteiger charge is 2.11. The Labute approximate surface area is 133 Å². The molecular formula is C13H17ClN4O2S. The Balaban J connectivity index is 2.48. The zero-order chi connectivity index (χ0) is 15.7. The Morgan fingerprint density at radius 3 is 2.95 bits per heavy atom. The summed E-state index contributed by atoms with van der Waals surface area (Å²) in [6, 6.07) is 4.45. The van der Waals surface area contributed by atoms with Crippen LogP contribution in [-0.2, 0) is 0 Å². The van der Waals surface area contributed by atoms with Crippen molar-refractivity contribution in [3.63, 3.8) is 0 Å². The number of rotatable bonds is 7. The van der Waals surface area contributed by atoms with E-state index >= 15 is 0 Å². The normalized spacial score (nSPS) is 10.6. The third-order valence-electron chi connectivity index (χ3n) is 2.61. The molecule has 0 atom stereocenters. The predicted octanol–water partition coefficient (Wildman–Crippen LogP) is 3.24. The van der Waals surface area contributed by atoms with E-state index in [1.165, 1.54) is 18.3 Å². The van der Waals surface area contributed by atoms with E-state index in [0.717, 1.165) is 25.8 Å². The first-order valence-corrected chi connectivity index (χ1v) is 7.34. The molecule has 0 aromatic heterocycles. The number of nitrogens with zero attached hydrogens (tertiary/aromatic N) is 2. The lowest BCUT2D eigenvalue weighted by Gasteiger charge is -2.05. The van der Waals surface area contributed by atoms with Gasteiger partial charge in [-0.3, -0.25) is 15.5 Å². The van der Waals surface area contributed by atoms with Gasteiger partial charge >= 0.3 is 0 Å². The Kier molecular flexibility index (Phi) is 7.63. The SMILES string of the molecule is CCCCCNC(=S)N/N=C\c1ccc(Cl)c([N+](=O)[O-])c1. The predicted molar refractivity (Wildman–Crippen MR) is 89.0 cm³/mol. The number of unbranched alkanes of at least 4 members (excludes halogenated alkanes) is 2. The number of nitrogens with one attached hydrogen (secondary N) is 2. The van der Waals surface area contributed by atoms with E-state index in [2.05, 4.69) is 22.8 Å². The van der Waals surface area contributed by atoms with Gasteiger partial charge in [-0.1, -0.05) is 37.4 Å². The molecule has 0 aliphatic rings. The molecule has 0 spiro atoms. The van der Waals surface area contributed by atoms with Gasteiger partial charge in [0, 0.05) is 18.2 Å². The van der Waals surface area contributed by atoms with Gasteiger partial charge in [0.2, 0.25) is 0 Å². The molecule has 114 valence electrons. The van der Waals surface area contributed by atoms with Crippen LogP contribution in [0.1, 0.15) is 31.7 Å². The molecule has 0 aliphatic carbocycles. The molecule has 0 heterocycles. The summed E-state index contributed by atoms with van der Waals surface area (Å²) in [7, 11) is 0. The largest absolute Gasteiger partial charge is 0.361 e. The summed E-state index contributed by atoms with van der Waals surface area (Å²) >= 11 is 10.8. The zero-order valence-corrected chi connectivity index (χ0v) is 13.2. The van der Waals surface area contributed by atoms with Crippen LogP contribution in [0, 0.1) is 10.1 Å². The Morgan fingerprint density at radius 1 is 1.52 bits per heavy atom. The van der Waals surface area contributed by atoms with E-state index < -0.39 is 4.92 Å². The molecule has 2 N–H and O–H groups in total. The summed E-state index contributed by atoms with van der Waals surface area (Å²) in [5, 5.41) is 18.2. The van der Waals surface area contributed by atoms with Crippen LogP contribution >= 0.6 is 23.8 Å². The molecule has 0 amide bonds. The van der Waals surface area contributed by atoms with Crippen molar-refractivity contribution in [2.24, 2.45) is 5.10 Å². The summed E-state index contributed by atoms with van der Waals surface area (Å²) in [6.45, 7) is 2.92. The highest BCUT2D eigenvalue weighted by Crippen LogP contribution is 2.24. The number of halogens is 1. The molecule has 8 heteroatoms. The van der Waals surface area contributed by atoms with Gasteiger partial charge in [0.05, 0.1) is 11.1 Å². The monoisotopic (exact) mass is 328 g/mol. The molecule has 0 bridgehead atoms. The molecule has 0 saturated carbocycles. The fourth-order valence-corrected chi connectivity index (χ4v) is 1.87. The maximum Gasteiger partial charge on any atom is 0.288 e. The van der Waals surface area contributed by atoms with E-state index in [0.29, 0.717) is 10.7 Å². The molecule has 1 rings (SSSR count). The molecule has 1 aromatic rings. The van der Waals surface area contributed by atoms with Crippen molar-refractivity contribution >= 4 is 40.8 Å². The van der Waals surface area contributed by atoms with Gasteiger partial charge in [-0.25, -0.2) is 0 Å². The van der Waals surface area contributed by atoms with Crippen molar-refractivity contribution in [1.29, 1.82) is 0 Å². The van der Waals surface area contributed by atoms with Crippen LogP contribution in [0.25, 0.3) is 0 Å². The summed E-state index contributed by atoms with van der Waals surface area (Å²) in [5.74, 6) is 0. The Bertz CT molecular complexity index is 537. The van der Waals surface area contributed by atoms with Crippen LogP contribution in [0.5, 0.6) is 0 Å². The molecular weight excluding hydrogens is 312 g/mol. The van der Waals surface area contributed by atoms with Crippen molar-refractivity contribution in [3.05, 3.63) is 38.9 Å². The van der Waals surface area contributed by atoms with Gasteiger partial charge in [0.15, 0.2) is 5.11 Å². The van der Waals surface area contributed by atoms with E-state index in [9.17, 15) is 10.1 Å². The highest BCUT2D eigenvalue weighted by molar-refractivity contribution is 7.80. The second-order valence-electron chi connectivity index (χ2n) is 4.30. The number of thiocarbonyl (C=S) groups is 1. The third-order valence-corrected chi connectivity index (χ3v) is 3.17. The fraction of sp³-hybridized carbons (Fsp3) is 0.385. The van der Waals surface area contributed by atoms with Gasteiger partial charge in [-0.15, -0.1) is 0 Å². The minimum Gasteiger partial charge on any atom is -0.361 e. The van der Waals surface area contributed by atoms with E-state index in [1.807, 2.05) is 0 Å². The standard InChI is InChI=1S/C13H17ClN4O2S/c1-2-3-4-7-15-13(21)17-16-9-10-5-6-11(14)12(8-10)18(19)20/h5-6,8-9H,2-4,7H2,1H3,(H2,15,17,21)/b16-9-. The van der Waals surface area contributed by atoms with E-state index in [-0.39, 0.29) is 10.7 Å². The van der Waals surface area contributed by atoms with Gasteiger partial charge in [-0.2, -0.15) is 5.10 Å². The molecule has 0 radical (unpaired) electrons. The molecule has 0 aliphatic heterocycles. The van der Waals surface area contributed by atoms with E-state index in [1.54, 1.807) is 6.07 Å². The lowest BCUT2D eigenvalue weighted by molar-refractivity contribution is -0.384. The Morgan fingerprint density at radius 2 is 2.29 bits per heavy atom. The Hall–Kier alpha value is -1.73. The lowest BCUT2D eigenvalue weighted by atomic mass is 10.2. The van der Waals surface area contributed by atoms with Crippen LogP contribution in [0.15, 0.2) is 23.3 Å². The van der Waals surface area contributed by atoms with Crippen LogP contribution < -0.4 is 10.7 Å². The number of nitro groups is 1. The quantitative estimate of drug-likeness (QED) is 0.264. The summed E-state index contributed by atoms with van der Waals surface area (Å²) in [4.78, 5) is 10.2. The van der Waals surface area contributed by atoms with Crippen LogP contribution in [-0.4, -0.2) is 22.8 Å². The highest BCUT2D eigenvalue weighted by atomic mass is 35.5. The number of benzene rings is 1. The first-order valence-electron chi connectivity index (χ1n) is 6.55. The number of hydrogen-bond acceptors (Lipinski definition) is 4. The summed E-state index contributed by atoms with van der Waals surface area (Å²) in [6.07, 6.45) is 4.79. The molecule has 0 fully saturated rings.